The fraction of sp³-hybridized carbons (Fsp3) is 0.438. The molecule has 0 saturated carbocycles. The van der Waals surface area contributed by atoms with Gasteiger partial charge < -0.3 is 10.2 Å². The molecule has 1 fully saturated rings. The molecule has 0 spiro atoms. The van der Waals surface area contributed by atoms with Crippen LogP contribution in [0.4, 0.5) is 4.79 Å². The van der Waals surface area contributed by atoms with E-state index in [2.05, 4.69) is 27.8 Å². The summed E-state index contributed by atoms with van der Waals surface area (Å²) in [7, 11) is 0. The number of carbonyl (C=O) groups is 1. The molecule has 2 aromatic rings. The summed E-state index contributed by atoms with van der Waals surface area (Å²) in [5, 5.41) is 10.7. The maximum Gasteiger partial charge on any atom is 0.317 e. The molecule has 1 aromatic heterocycles. The highest BCUT2D eigenvalue weighted by Gasteiger charge is 2.30. The van der Waals surface area contributed by atoms with E-state index in [9.17, 15) is 4.79 Å². The van der Waals surface area contributed by atoms with Crippen molar-refractivity contribution in [3.05, 3.63) is 48.3 Å². The molecule has 1 N–H and O–H groups in total. The molecular formula is C16H21N5O. The Bertz CT molecular complexity index is 578. The molecule has 0 atom stereocenters. The van der Waals surface area contributed by atoms with E-state index in [1.807, 2.05) is 34.0 Å². The van der Waals surface area contributed by atoms with Gasteiger partial charge in [-0.2, -0.15) is 0 Å². The number of amides is 2. The van der Waals surface area contributed by atoms with Gasteiger partial charge in [0.25, 0.3) is 0 Å². The maximum atomic E-state index is 12.0. The van der Waals surface area contributed by atoms with Crippen molar-refractivity contribution in [3.63, 3.8) is 0 Å². The summed E-state index contributed by atoms with van der Waals surface area (Å²) in [6, 6.07) is 10.4. The smallest absolute Gasteiger partial charge is 0.317 e. The van der Waals surface area contributed by atoms with E-state index in [4.69, 9.17) is 0 Å². The van der Waals surface area contributed by atoms with Gasteiger partial charge in [0.05, 0.1) is 6.20 Å². The summed E-state index contributed by atoms with van der Waals surface area (Å²) in [5.41, 5.74) is 1.31. The first kappa shape index (κ1) is 14.6. The second-order valence-electron chi connectivity index (χ2n) is 5.72. The van der Waals surface area contributed by atoms with Crippen LogP contribution in [0, 0.1) is 5.92 Å². The van der Waals surface area contributed by atoms with E-state index >= 15 is 0 Å². The van der Waals surface area contributed by atoms with E-state index in [-0.39, 0.29) is 6.03 Å². The van der Waals surface area contributed by atoms with Gasteiger partial charge in [-0.25, -0.2) is 4.79 Å². The Morgan fingerprint density at radius 3 is 2.82 bits per heavy atom. The number of carbonyl (C=O) groups excluding carboxylic acids is 1. The van der Waals surface area contributed by atoms with Gasteiger partial charge >= 0.3 is 6.03 Å². The zero-order valence-corrected chi connectivity index (χ0v) is 12.6. The fourth-order valence-electron chi connectivity index (χ4n) is 2.69. The van der Waals surface area contributed by atoms with Crippen molar-refractivity contribution in [3.8, 4) is 0 Å². The van der Waals surface area contributed by atoms with Crippen molar-refractivity contribution in [1.82, 2.24) is 25.2 Å². The molecule has 1 aromatic carbocycles. The van der Waals surface area contributed by atoms with Crippen LogP contribution in [0.5, 0.6) is 0 Å². The Labute approximate surface area is 130 Å². The predicted octanol–water partition coefficient (Wildman–Crippen LogP) is 1.55. The van der Waals surface area contributed by atoms with Crippen molar-refractivity contribution in [2.45, 2.75) is 19.4 Å². The Kier molecular flexibility index (Phi) is 4.68. The van der Waals surface area contributed by atoms with Crippen LogP contribution in [0.1, 0.15) is 12.0 Å². The maximum absolute atomic E-state index is 12.0. The number of urea groups is 1. The highest BCUT2D eigenvalue weighted by atomic mass is 16.2. The third kappa shape index (κ3) is 3.84. The monoisotopic (exact) mass is 299 g/mol. The third-order valence-corrected chi connectivity index (χ3v) is 3.92. The molecule has 116 valence electrons. The number of likely N-dealkylation sites (tertiary alicyclic amines) is 1. The van der Waals surface area contributed by atoms with Gasteiger partial charge in [0.1, 0.15) is 0 Å². The molecular weight excluding hydrogens is 278 g/mol. The minimum absolute atomic E-state index is 0.0444. The number of rotatable bonds is 6. The lowest BCUT2D eigenvalue weighted by Crippen LogP contribution is -2.55. The van der Waals surface area contributed by atoms with E-state index in [1.54, 1.807) is 6.20 Å². The van der Waals surface area contributed by atoms with Gasteiger partial charge in [0.2, 0.25) is 0 Å². The zero-order chi connectivity index (χ0) is 15.2. The summed E-state index contributed by atoms with van der Waals surface area (Å²) >= 11 is 0. The quantitative estimate of drug-likeness (QED) is 0.823. The topological polar surface area (TPSA) is 63.1 Å². The Balaban J connectivity index is 1.29. The van der Waals surface area contributed by atoms with E-state index < -0.39 is 0 Å². The van der Waals surface area contributed by atoms with Crippen molar-refractivity contribution in [1.29, 1.82) is 0 Å². The number of nitrogens with one attached hydrogen (secondary N) is 1. The summed E-state index contributed by atoms with van der Waals surface area (Å²) in [6.07, 6.45) is 5.49. The fourth-order valence-corrected chi connectivity index (χ4v) is 2.69. The second-order valence-corrected chi connectivity index (χ2v) is 5.72. The third-order valence-electron chi connectivity index (χ3n) is 3.92. The molecule has 6 nitrogen and oxygen atoms in total. The molecule has 3 rings (SSSR count). The molecule has 0 aliphatic carbocycles. The van der Waals surface area contributed by atoms with E-state index in [0.717, 1.165) is 39.0 Å². The van der Waals surface area contributed by atoms with Crippen LogP contribution in [0.25, 0.3) is 0 Å². The minimum Gasteiger partial charge on any atom is -0.338 e. The Morgan fingerprint density at radius 2 is 2.09 bits per heavy atom. The van der Waals surface area contributed by atoms with Crippen LogP contribution < -0.4 is 5.32 Å². The second kappa shape index (κ2) is 7.06. The van der Waals surface area contributed by atoms with Gasteiger partial charge in [0.15, 0.2) is 0 Å². The van der Waals surface area contributed by atoms with Gasteiger partial charge in [-0.05, 0) is 18.4 Å². The van der Waals surface area contributed by atoms with Crippen molar-refractivity contribution in [2.75, 3.05) is 19.6 Å². The predicted molar refractivity (Wildman–Crippen MR) is 83.2 cm³/mol. The molecule has 1 saturated heterocycles. The highest BCUT2D eigenvalue weighted by molar-refractivity contribution is 5.74. The zero-order valence-electron chi connectivity index (χ0n) is 12.6. The first-order valence-corrected chi connectivity index (χ1v) is 7.72. The molecule has 1 aliphatic rings. The molecule has 0 bridgehead atoms. The molecule has 0 radical (unpaired) electrons. The number of nitrogens with zero attached hydrogens (tertiary/aromatic N) is 4. The number of hydrogen-bond acceptors (Lipinski definition) is 3. The number of benzene rings is 1. The minimum atomic E-state index is 0.0444. The normalized spacial score (nSPS) is 14.6. The first-order valence-electron chi connectivity index (χ1n) is 7.72. The van der Waals surface area contributed by atoms with Crippen LogP contribution in [0.15, 0.2) is 42.7 Å². The molecule has 0 unspecified atom stereocenters. The molecule has 6 heteroatoms. The van der Waals surface area contributed by atoms with E-state index in [0.29, 0.717) is 5.92 Å². The van der Waals surface area contributed by atoms with Gasteiger partial charge in [0, 0.05) is 38.3 Å². The summed E-state index contributed by atoms with van der Waals surface area (Å²) in [6.45, 7) is 3.14. The van der Waals surface area contributed by atoms with Crippen molar-refractivity contribution >= 4 is 6.03 Å². The summed E-state index contributed by atoms with van der Waals surface area (Å²) in [5.74, 6) is 0.483. The van der Waals surface area contributed by atoms with E-state index in [1.165, 1.54) is 5.56 Å². The average Bonchev–Trinajstić information content (AvgIpc) is 3.01. The van der Waals surface area contributed by atoms with Crippen LogP contribution in [0.2, 0.25) is 0 Å². The highest BCUT2D eigenvalue weighted by Crippen LogP contribution is 2.16. The molecule has 1 aliphatic heterocycles. The SMILES string of the molecule is O=C(NCCCc1ccccc1)N1CC(Cn2ccnn2)C1. The van der Waals surface area contributed by atoms with Crippen LogP contribution >= 0.6 is 0 Å². The van der Waals surface area contributed by atoms with Crippen molar-refractivity contribution in [2.24, 2.45) is 5.92 Å². The molecule has 22 heavy (non-hydrogen) atoms. The first-order chi connectivity index (χ1) is 10.8. The van der Waals surface area contributed by atoms with Gasteiger partial charge in [-0.1, -0.05) is 35.5 Å². The van der Waals surface area contributed by atoms with Gasteiger partial charge in [-0.3, -0.25) is 4.68 Å². The summed E-state index contributed by atoms with van der Waals surface area (Å²) < 4.78 is 1.82. The lowest BCUT2D eigenvalue weighted by atomic mass is 10.0. The molecule has 2 heterocycles. The van der Waals surface area contributed by atoms with Crippen molar-refractivity contribution < 1.29 is 4.79 Å². The largest absolute Gasteiger partial charge is 0.338 e. The van der Waals surface area contributed by atoms with Crippen LogP contribution in [0.3, 0.4) is 0 Å². The number of aryl methyl sites for hydroxylation is 1. The average molecular weight is 299 g/mol. The lowest BCUT2D eigenvalue weighted by molar-refractivity contribution is 0.108. The Hall–Kier alpha value is -2.37. The Morgan fingerprint density at radius 1 is 1.27 bits per heavy atom. The van der Waals surface area contributed by atoms with Crippen LogP contribution in [-0.4, -0.2) is 45.6 Å². The van der Waals surface area contributed by atoms with Crippen LogP contribution in [-0.2, 0) is 13.0 Å². The number of hydrogen-bond donors (Lipinski definition) is 1. The summed E-state index contributed by atoms with van der Waals surface area (Å²) in [4.78, 5) is 13.8. The van der Waals surface area contributed by atoms with Gasteiger partial charge in [-0.15, -0.1) is 5.10 Å². The lowest BCUT2D eigenvalue weighted by Gasteiger charge is -2.38. The molecule has 2 amide bonds. The standard InChI is InChI=1S/C16H21N5O/c22-16(17-8-4-7-14-5-2-1-3-6-14)20-11-15(12-20)13-21-10-9-18-19-21/h1-3,5-6,9-10,15H,4,7-8,11-13H2,(H,17,22). The number of aromatic nitrogens is 3.